The maximum atomic E-state index is 12.8. The SMILES string of the molecule is CC/C=C/C=C/C=C/CCCCCCCC(=O)OCC(COC(=O)CCCCCCCCC/C=C/C/C=C/CCCCC)OC(=O)CCCCCCCCC/C=C/CCCCCCCC. The van der Waals surface area contributed by atoms with Gasteiger partial charge in [0.15, 0.2) is 6.10 Å². The van der Waals surface area contributed by atoms with E-state index in [1.807, 2.05) is 0 Å². The minimum atomic E-state index is -0.789. The van der Waals surface area contributed by atoms with Gasteiger partial charge in [-0.15, -0.1) is 0 Å². The van der Waals surface area contributed by atoms with Crippen molar-refractivity contribution >= 4 is 17.9 Å². The van der Waals surface area contributed by atoms with Crippen molar-refractivity contribution in [3.05, 3.63) is 72.9 Å². The average molecular weight is 907 g/mol. The molecule has 65 heavy (non-hydrogen) atoms. The lowest BCUT2D eigenvalue weighted by molar-refractivity contribution is -0.167. The zero-order chi connectivity index (χ0) is 47.2. The summed E-state index contributed by atoms with van der Waals surface area (Å²) in [7, 11) is 0. The first-order valence-corrected chi connectivity index (χ1v) is 27.5. The highest BCUT2D eigenvalue weighted by atomic mass is 16.6. The number of hydrogen-bond acceptors (Lipinski definition) is 6. The van der Waals surface area contributed by atoms with E-state index in [1.54, 1.807) is 0 Å². The third-order valence-electron chi connectivity index (χ3n) is 11.7. The van der Waals surface area contributed by atoms with Crippen molar-refractivity contribution in [2.24, 2.45) is 0 Å². The van der Waals surface area contributed by atoms with Crippen molar-refractivity contribution in [1.82, 2.24) is 0 Å². The fraction of sp³-hybridized carbons (Fsp3) is 0.746. The first-order chi connectivity index (χ1) is 32.0. The van der Waals surface area contributed by atoms with E-state index < -0.39 is 6.10 Å². The monoisotopic (exact) mass is 907 g/mol. The molecule has 0 N–H and O–H groups in total. The molecule has 0 aromatic heterocycles. The molecule has 374 valence electrons. The summed E-state index contributed by atoms with van der Waals surface area (Å²) in [6.07, 6.45) is 67.4. The molecule has 0 aromatic carbocycles. The number of esters is 3. The molecule has 6 nitrogen and oxygen atoms in total. The van der Waals surface area contributed by atoms with Crippen molar-refractivity contribution in [3.63, 3.8) is 0 Å². The van der Waals surface area contributed by atoms with E-state index in [0.717, 1.165) is 96.3 Å². The Morgan fingerprint density at radius 2 is 0.662 bits per heavy atom. The van der Waals surface area contributed by atoms with Gasteiger partial charge in [-0.2, -0.15) is 0 Å². The zero-order valence-corrected chi connectivity index (χ0v) is 42.7. The van der Waals surface area contributed by atoms with Gasteiger partial charge in [0.25, 0.3) is 0 Å². The second-order valence-corrected chi connectivity index (χ2v) is 18.2. The van der Waals surface area contributed by atoms with Crippen LogP contribution in [0.1, 0.15) is 265 Å². The summed E-state index contributed by atoms with van der Waals surface area (Å²) < 4.78 is 16.8. The highest BCUT2D eigenvalue weighted by Crippen LogP contribution is 2.15. The van der Waals surface area contributed by atoms with E-state index in [0.29, 0.717) is 19.3 Å². The largest absolute Gasteiger partial charge is 0.462 e. The van der Waals surface area contributed by atoms with Gasteiger partial charge in [-0.1, -0.05) is 222 Å². The summed E-state index contributed by atoms with van der Waals surface area (Å²) in [5.74, 6) is -0.915. The van der Waals surface area contributed by atoms with Gasteiger partial charge in [0.05, 0.1) is 0 Å². The quantitative estimate of drug-likeness (QED) is 0.0199. The van der Waals surface area contributed by atoms with Crippen LogP contribution in [0.4, 0.5) is 0 Å². The smallest absolute Gasteiger partial charge is 0.306 e. The summed E-state index contributed by atoms with van der Waals surface area (Å²) in [6.45, 7) is 6.46. The normalized spacial score (nSPS) is 12.6. The molecule has 6 heteroatoms. The fourth-order valence-corrected chi connectivity index (χ4v) is 7.58. The molecule has 0 spiro atoms. The Kier molecular flexibility index (Phi) is 50.9. The fourth-order valence-electron chi connectivity index (χ4n) is 7.58. The Balaban J connectivity index is 4.41. The number of carbonyl (C=O) groups excluding carboxylic acids is 3. The van der Waals surface area contributed by atoms with E-state index in [9.17, 15) is 14.4 Å². The Hall–Kier alpha value is -3.15. The molecule has 0 saturated heterocycles. The van der Waals surface area contributed by atoms with Crippen LogP contribution in [0.25, 0.3) is 0 Å². The highest BCUT2D eigenvalue weighted by molar-refractivity contribution is 5.71. The van der Waals surface area contributed by atoms with E-state index >= 15 is 0 Å². The third kappa shape index (κ3) is 51.7. The maximum absolute atomic E-state index is 12.8. The van der Waals surface area contributed by atoms with Gasteiger partial charge in [-0.05, 0) is 96.3 Å². The van der Waals surface area contributed by atoms with E-state index in [-0.39, 0.29) is 31.1 Å². The van der Waals surface area contributed by atoms with Gasteiger partial charge in [0.1, 0.15) is 13.2 Å². The van der Waals surface area contributed by atoms with E-state index in [1.165, 1.54) is 128 Å². The Bertz CT molecular complexity index is 1230. The minimum absolute atomic E-state index is 0.0878. The number of carbonyl (C=O) groups is 3. The molecule has 1 atom stereocenters. The van der Waals surface area contributed by atoms with Crippen LogP contribution in [0, 0.1) is 0 Å². The van der Waals surface area contributed by atoms with Crippen LogP contribution in [0.2, 0.25) is 0 Å². The predicted octanol–water partition coefficient (Wildman–Crippen LogP) is 18.2. The summed E-state index contributed by atoms with van der Waals surface area (Å²) in [4.78, 5) is 38.1. The molecule has 0 heterocycles. The molecular formula is C59H102O6. The summed E-state index contributed by atoms with van der Waals surface area (Å²) >= 11 is 0. The van der Waals surface area contributed by atoms with E-state index in [2.05, 4.69) is 93.7 Å². The van der Waals surface area contributed by atoms with Crippen molar-refractivity contribution in [1.29, 1.82) is 0 Å². The Morgan fingerprint density at radius 1 is 0.338 bits per heavy atom. The second-order valence-electron chi connectivity index (χ2n) is 18.2. The lowest BCUT2D eigenvalue weighted by atomic mass is 10.1. The molecule has 0 amide bonds. The van der Waals surface area contributed by atoms with Gasteiger partial charge in [0, 0.05) is 19.3 Å². The maximum Gasteiger partial charge on any atom is 0.306 e. The molecule has 0 aliphatic carbocycles. The molecule has 0 saturated carbocycles. The average Bonchev–Trinajstić information content (AvgIpc) is 3.30. The van der Waals surface area contributed by atoms with Crippen molar-refractivity contribution in [2.75, 3.05) is 13.2 Å². The highest BCUT2D eigenvalue weighted by Gasteiger charge is 2.19. The lowest BCUT2D eigenvalue weighted by Gasteiger charge is -2.18. The number of allylic oxidation sites excluding steroid dienone is 12. The molecule has 0 aliphatic rings. The Morgan fingerprint density at radius 3 is 1.09 bits per heavy atom. The molecule has 0 aliphatic heterocycles. The van der Waals surface area contributed by atoms with Crippen LogP contribution in [0.5, 0.6) is 0 Å². The van der Waals surface area contributed by atoms with Crippen molar-refractivity contribution in [3.8, 4) is 0 Å². The molecular weight excluding hydrogens is 805 g/mol. The van der Waals surface area contributed by atoms with Crippen LogP contribution in [-0.2, 0) is 28.6 Å². The molecule has 1 unspecified atom stereocenters. The topological polar surface area (TPSA) is 78.9 Å². The van der Waals surface area contributed by atoms with Crippen LogP contribution >= 0.6 is 0 Å². The first kappa shape index (κ1) is 61.9. The number of ether oxygens (including phenoxy) is 3. The van der Waals surface area contributed by atoms with Crippen LogP contribution < -0.4 is 0 Å². The molecule has 0 aromatic rings. The zero-order valence-electron chi connectivity index (χ0n) is 42.7. The van der Waals surface area contributed by atoms with Crippen LogP contribution in [0.3, 0.4) is 0 Å². The molecule has 0 bridgehead atoms. The van der Waals surface area contributed by atoms with Crippen LogP contribution in [0.15, 0.2) is 72.9 Å². The number of hydrogen-bond donors (Lipinski definition) is 0. The standard InChI is InChI=1S/C59H102O6/c1-4-7-10-13-16-19-22-25-27-29-31-34-37-40-43-46-49-52-58(61)64-55-56(54-63-57(60)51-48-45-42-39-36-33-24-21-18-15-12-9-6-3)65-59(62)53-50-47-44-41-38-35-32-30-28-26-23-20-17-14-11-8-5-2/h9,12,15-16,18-19,21,24-28,56H,4-8,10-11,13-14,17,20,22-23,29-55H2,1-3H3/b12-9+,18-15+,19-16+,24-21+,27-25+,28-26+. The molecule has 0 radical (unpaired) electrons. The predicted molar refractivity (Wildman–Crippen MR) is 279 cm³/mol. The first-order valence-electron chi connectivity index (χ1n) is 27.5. The summed E-state index contributed by atoms with van der Waals surface area (Å²) in [5, 5.41) is 0. The Labute approximate surface area is 402 Å². The third-order valence-corrected chi connectivity index (χ3v) is 11.7. The van der Waals surface area contributed by atoms with Crippen molar-refractivity contribution < 1.29 is 28.6 Å². The minimum Gasteiger partial charge on any atom is -0.462 e. The number of rotatable bonds is 49. The second kappa shape index (κ2) is 53.5. The van der Waals surface area contributed by atoms with Crippen LogP contribution in [-0.4, -0.2) is 37.2 Å². The summed E-state index contributed by atoms with van der Waals surface area (Å²) in [5.41, 5.74) is 0. The van der Waals surface area contributed by atoms with Crippen molar-refractivity contribution in [2.45, 2.75) is 271 Å². The molecule has 0 fully saturated rings. The lowest BCUT2D eigenvalue weighted by Crippen LogP contribution is -2.30. The number of unbranched alkanes of at least 4 members (excludes halogenated alkanes) is 28. The van der Waals surface area contributed by atoms with Gasteiger partial charge in [0.2, 0.25) is 0 Å². The molecule has 0 rings (SSSR count). The summed E-state index contributed by atoms with van der Waals surface area (Å²) in [6, 6.07) is 0. The van der Waals surface area contributed by atoms with Gasteiger partial charge in [-0.25, -0.2) is 0 Å². The van der Waals surface area contributed by atoms with Gasteiger partial charge in [-0.3, -0.25) is 14.4 Å². The van der Waals surface area contributed by atoms with Gasteiger partial charge < -0.3 is 14.2 Å². The van der Waals surface area contributed by atoms with Gasteiger partial charge >= 0.3 is 17.9 Å². The van der Waals surface area contributed by atoms with E-state index in [4.69, 9.17) is 14.2 Å².